The first-order chi connectivity index (χ1) is 10.4. The van der Waals surface area contributed by atoms with Crippen LogP contribution in [-0.2, 0) is 14.6 Å². The van der Waals surface area contributed by atoms with Gasteiger partial charge in [-0.2, -0.15) is 0 Å². The number of carbonyl (C=O) groups is 1. The molecule has 1 N–H and O–H groups in total. The molecular formula is C14H20N2O4S2. The molecule has 2 aliphatic rings. The van der Waals surface area contributed by atoms with Crippen LogP contribution in [0, 0.1) is 0 Å². The summed E-state index contributed by atoms with van der Waals surface area (Å²) in [6, 6.07) is 1.41. The summed E-state index contributed by atoms with van der Waals surface area (Å²) in [5.41, 5.74) is 0.721. The lowest BCUT2D eigenvalue weighted by Gasteiger charge is -2.40. The first-order valence-electron chi connectivity index (χ1n) is 7.41. The lowest BCUT2D eigenvalue weighted by Crippen LogP contribution is -2.58. The molecule has 122 valence electrons. The zero-order valence-corrected chi connectivity index (χ0v) is 14.2. The van der Waals surface area contributed by atoms with Gasteiger partial charge in [-0.05, 0) is 31.7 Å². The quantitative estimate of drug-likeness (QED) is 0.907. The summed E-state index contributed by atoms with van der Waals surface area (Å²) in [5, 5.41) is 4.26. The smallest absolute Gasteiger partial charge is 0.318 e. The molecule has 8 heteroatoms. The fourth-order valence-corrected chi connectivity index (χ4v) is 6.12. The minimum absolute atomic E-state index is 0.123. The second-order valence-corrected chi connectivity index (χ2v) is 9.22. The van der Waals surface area contributed by atoms with E-state index in [9.17, 15) is 13.2 Å². The molecule has 1 saturated heterocycles. The predicted octanol–water partition coefficient (Wildman–Crippen LogP) is 1.79. The van der Waals surface area contributed by atoms with Crippen LogP contribution in [0.4, 0.5) is 4.79 Å². The zero-order valence-electron chi connectivity index (χ0n) is 12.6. The van der Waals surface area contributed by atoms with E-state index in [2.05, 4.69) is 5.32 Å². The third kappa shape index (κ3) is 2.63. The molecule has 1 aromatic rings. The minimum Gasteiger partial charge on any atom is -0.375 e. The van der Waals surface area contributed by atoms with E-state index in [-0.39, 0.29) is 18.2 Å². The van der Waals surface area contributed by atoms with Crippen molar-refractivity contribution in [2.75, 3.05) is 19.7 Å². The highest BCUT2D eigenvalue weighted by Gasteiger charge is 2.39. The topological polar surface area (TPSA) is 75.7 Å². The number of ether oxygens (including phenoxy) is 1. The van der Waals surface area contributed by atoms with Crippen LogP contribution in [0.1, 0.15) is 31.9 Å². The van der Waals surface area contributed by atoms with E-state index in [1.807, 2.05) is 6.92 Å². The number of amides is 2. The molecule has 0 bridgehead atoms. The lowest BCUT2D eigenvalue weighted by molar-refractivity contribution is -0.0304. The van der Waals surface area contributed by atoms with Gasteiger partial charge in [0.25, 0.3) is 0 Å². The normalized spacial score (nSPS) is 27.1. The molecule has 1 fully saturated rings. The predicted molar refractivity (Wildman–Crippen MR) is 83.8 cm³/mol. The molecule has 0 aromatic carbocycles. The molecule has 1 aromatic heterocycles. The summed E-state index contributed by atoms with van der Waals surface area (Å²) < 4.78 is 30.4. The van der Waals surface area contributed by atoms with Gasteiger partial charge in [0.15, 0.2) is 9.84 Å². The van der Waals surface area contributed by atoms with Crippen LogP contribution >= 0.6 is 11.3 Å². The maximum atomic E-state index is 12.3. The Morgan fingerprint density at radius 2 is 2.23 bits per heavy atom. The Morgan fingerprint density at radius 1 is 1.50 bits per heavy atom. The SMILES string of the molecule is CCOC1CN(C(=O)N[C@H]2C[C@H](C)S(=O)(=O)c3sccc32)C1. The van der Waals surface area contributed by atoms with Gasteiger partial charge >= 0.3 is 6.03 Å². The number of rotatable bonds is 3. The Bertz CT molecular complexity index is 664. The van der Waals surface area contributed by atoms with Crippen LogP contribution < -0.4 is 5.32 Å². The summed E-state index contributed by atoms with van der Waals surface area (Å²) in [6.45, 7) is 5.47. The van der Waals surface area contributed by atoms with E-state index in [0.29, 0.717) is 30.3 Å². The van der Waals surface area contributed by atoms with E-state index >= 15 is 0 Å². The molecule has 0 radical (unpaired) electrons. The summed E-state index contributed by atoms with van der Waals surface area (Å²) in [5.74, 6) is 0. The molecular weight excluding hydrogens is 324 g/mol. The van der Waals surface area contributed by atoms with Crippen molar-refractivity contribution in [3.8, 4) is 0 Å². The first-order valence-corrected chi connectivity index (χ1v) is 9.84. The average molecular weight is 344 g/mol. The summed E-state index contributed by atoms with van der Waals surface area (Å²) >= 11 is 1.23. The Morgan fingerprint density at radius 3 is 2.91 bits per heavy atom. The Labute approximate surface area is 134 Å². The number of sulfone groups is 1. The number of hydrogen-bond donors (Lipinski definition) is 1. The summed E-state index contributed by atoms with van der Waals surface area (Å²) in [4.78, 5) is 14.0. The Balaban J connectivity index is 1.68. The Kier molecular flexibility index (Phi) is 4.17. The highest BCUT2D eigenvalue weighted by Crippen LogP contribution is 2.39. The molecule has 6 nitrogen and oxygen atoms in total. The number of urea groups is 1. The molecule has 2 amide bonds. The number of hydrogen-bond acceptors (Lipinski definition) is 5. The van der Waals surface area contributed by atoms with E-state index in [1.54, 1.807) is 23.3 Å². The number of fused-ring (bicyclic) bond motifs is 1. The standard InChI is InChI=1S/C14H20N2O4S2/c1-3-20-10-7-16(8-10)14(17)15-12-6-9(2)22(18,19)13-11(12)4-5-21-13/h4-5,9-10,12H,3,6-8H2,1-2H3,(H,15,17)/t9-,12-/m0/s1. The third-order valence-electron chi connectivity index (χ3n) is 4.22. The molecule has 0 aliphatic carbocycles. The summed E-state index contributed by atoms with van der Waals surface area (Å²) in [6.07, 6.45) is 0.540. The molecule has 3 heterocycles. The van der Waals surface area contributed by atoms with Gasteiger partial charge in [0, 0.05) is 12.2 Å². The molecule has 2 atom stereocenters. The molecule has 0 unspecified atom stereocenters. The fraction of sp³-hybridized carbons (Fsp3) is 0.643. The van der Waals surface area contributed by atoms with E-state index in [0.717, 1.165) is 5.56 Å². The Hall–Kier alpha value is -1.12. The van der Waals surface area contributed by atoms with Gasteiger partial charge in [0.05, 0.1) is 30.5 Å². The highest BCUT2D eigenvalue weighted by molar-refractivity contribution is 7.94. The second kappa shape index (κ2) is 5.82. The van der Waals surface area contributed by atoms with Crippen LogP contribution in [0.5, 0.6) is 0 Å². The second-order valence-electron chi connectivity index (χ2n) is 5.74. The van der Waals surface area contributed by atoms with Crippen molar-refractivity contribution in [2.45, 2.75) is 41.9 Å². The maximum Gasteiger partial charge on any atom is 0.318 e. The maximum absolute atomic E-state index is 12.3. The largest absolute Gasteiger partial charge is 0.375 e. The van der Waals surface area contributed by atoms with Gasteiger partial charge in [-0.1, -0.05) is 0 Å². The number of thiophene rings is 1. The van der Waals surface area contributed by atoms with Gasteiger partial charge in [-0.15, -0.1) is 11.3 Å². The van der Waals surface area contributed by atoms with E-state index in [1.165, 1.54) is 11.3 Å². The molecule has 2 aliphatic heterocycles. The van der Waals surface area contributed by atoms with Crippen molar-refractivity contribution in [1.29, 1.82) is 0 Å². The van der Waals surface area contributed by atoms with Crippen LogP contribution in [-0.4, -0.2) is 50.4 Å². The number of likely N-dealkylation sites (tertiary alicyclic amines) is 1. The van der Waals surface area contributed by atoms with Crippen molar-refractivity contribution in [3.63, 3.8) is 0 Å². The zero-order chi connectivity index (χ0) is 15.9. The summed E-state index contributed by atoms with van der Waals surface area (Å²) in [7, 11) is -3.24. The van der Waals surface area contributed by atoms with Gasteiger partial charge in [-0.25, -0.2) is 13.2 Å². The van der Waals surface area contributed by atoms with Crippen molar-refractivity contribution < 1.29 is 17.9 Å². The monoisotopic (exact) mass is 344 g/mol. The van der Waals surface area contributed by atoms with Crippen LogP contribution in [0.25, 0.3) is 0 Å². The van der Waals surface area contributed by atoms with E-state index in [4.69, 9.17) is 4.74 Å². The lowest BCUT2D eigenvalue weighted by atomic mass is 10.0. The number of nitrogens with zero attached hydrogens (tertiary/aromatic N) is 1. The molecule has 0 saturated carbocycles. The van der Waals surface area contributed by atoms with Gasteiger partial charge in [0.2, 0.25) is 0 Å². The molecule has 22 heavy (non-hydrogen) atoms. The average Bonchev–Trinajstić information content (AvgIpc) is 2.90. The van der Waals surface area contributed by atoms with Crippen molar-refractivity contribution in [3.05, 3.63) is 17.0 Å². The van der Waals surface area contributed by atoms with Crippen molar-refractivity contribution in [2.24, 2.45) is 0 Å². The highest BCUT2D eigenvalue weighted by atomic mass is 32.2. The molecule has 3 rings (SSSR count). The van der Waals surface area contributed by atoms with Gasteiger partial charge in [-0.3, -0.25) is 0 Å². The first kappa shape index (κ1) is 15.8. The molecule has 0 spiro atoms. The van der Waals surface area contributed by atoms with Gasteiger partial charge < -0.3 is 15.0 Å². The fourth-order valence-electron chi connectivity index (χ4n) is 2.89. The van der Waals surface area contributed by atoms with E-state index < -0.39 is 15.1 Å². The number of nitrogens with one attached hydrogen (secondary N) is 1. The van der Waals surface area contributed by atoms with Crippen LogP contribution in [0.3, 0.4) is 0 Å². The third-order valence-corrected chi connectivity index (χ3v) is 7.94. The minimum atomic E-state index is -3.24. The van der Waals surface area contributed by atoms with Crippen molar-refractivity contribution in [1.82, 2.24) is 10.2 Å². The number of carbonyl (C=O) groups excluding carboxylic acids is 1. The van der Waals surface area contributed by atoms with Crippen LogP contribution in [0.15, 0.2) is 15.7 Å². The van der Waals surface area contributed by atoms with Crippen LogP contribution in [0.2, 0.25) is 0 Å². The van der Waals surface area contributed by atoms with Gasteiger partial charge in [0.1, 0.15) is 4.21 Å². The van der Waals surface area contributed by atoms with Crippen molar-refractivity contribution >= 4 is 27.2 Å².